The zero-order chi connectivity index (χ0) is 17.4. The van der Waals surface area contributed by atoms with Crippen molar-refractivity contribution in [2.24, 2.45) is 0 Å². The second-order valence-corrected chi connectivity index (χ2v) is 6.03. The van der Waals surface area contributed by atoms with Crippen molar-refractivity contribution in [1.29, 1.82) is 0 Å². The first kappa shape index (κ1) is 15.4. The molecule has 0 saturated heterocycles. The van der Waals surface area contributed by atoms with Crippen LogP contribution in [-0.4, -0.2) is 29.4 Å². The molecule has 0 aliphatic rings. The summed E-state index contributed by atoms with van der Waals surface area (Å²) in [5, 5.41) is 13.0. The monoisotopic (exact) mass is 334 g/mol. The molecule has 0 spiro atoms. The normalized spacial score (nSPS) is 11.4. The summed E-state index contributed by atoms with van der Waals surface area (Å²) in [6.07, 6.45) is 3.50. The molecule has 0 aliphatic carbocycles. The van der Waals surface area contributed by atoms with Gasteiger partial charge in [0.2, 0.25) is 0 Å². The van der Waals surface area contributed by atoms with Gasteiger partial charge in [-0.15, -0.1) is 10.2 Å². The lowest BCUT2D eigenvalue weighted by molar-refractivity contribution is 0.605. The van der Waals surface area contributed by atoms with Gasteiger partial charge >= 0.3 is 0 Å². The number of unbranched alkanes of at least 4 members (excludes halogenated alkanes) is 1. The van der Waals surface area contributed by atoms with E-state index in [2.05, 4.69) is 27.2 Å². The average Bonchev–Trinajstić information content (AvgIpc) is 2.98. The van der Waals surface area contributed by atoms with Crippen LogP contribution in [0.25, 0.3) is 27.9 Å². The van der Waals surface area contributed by atoms with Gasteiger partial charge in [-0.05, 0) is 18.9 Å². The zero-order valence-corrected chi connectivity index (χ0v) is 14.2. The Bertz CT molecular complexity index is 1110. The highest BCUT2D eigenvalue weighted by Crippen LogP contribution is 2.27. The maximum Gasteiger partial charge on any atom is 0.283 e. The summed E-state index contributed by atoms with van der Waals surface area (Å²) >= 11 is 0. The highest BCUT2D eigenvalue weighted by molar-refractivity contribution is 5.83. The van der Waals surface area contributed by atoms with Crippen LogP contribution in [0.5, 0.6) is 0 Å². The van der Waals surface area contributed by atoms with E-state index in [1.165, 1.54) is 0 Å². The Kier molecular flexibility index (Phi) is 3.76. The maximum absolute atomic E-state index is 12.6. The van der Waals surface area contributed by atoms with E-state index in [0.29, 0.717) is 17.8 Å². The van der Waals surface area contributed by atoms with Crippen LogP contribution >= 0.6 is 0 Å². The van der Waals surface area contributed by atoms with Gasteiger partial charge in [-0.2, -0.15) is 9.61 Å². The Labute approximate surface area is 144 Å². The molecule has 25 heavy (non-hydrogen) atoms. The smallest absolute Gasteiger partial charge is 0.283 e. The Hall–Kier alpha value is -3.09. The predicted octanol–water partition coefficient (Wildman–Crippen LogP) is 2.61. The van der Waals surface area contributed by atoms with Crippen LogP contribution in [0.4, 0.5) is 0 Å². The molecule has 4 rings (SSSR count). The molecule has 3 aromatic heterocycles. The van der Waals surface area contributed by atoms with Gasteiger partial charge in [0.05, 0.1) is 11.3 Å². The fourth-order valence-electron chi connectivity index (χ4n) is 3.00. The molecule has 0 aliphatic heterocycles. The SMILES string of the molecule is CCCCn1cnc2c(nnc3c(-c4ccccc4)c(C)nn32)c1=O. The number of rotatable bonds is 4. The molecular weight excluding hydrogens is 316 g/mol. The Morgan fingerprint density at radius 2 is 1.88 bits per heavy atom. The minimum Gasteiger partial charge on any atom is -0.297 e. The number of hydrogen-bond donors (Lipinski definition) is 0. The molecule has 7 heteroatoms. The summed E-state index contributed by atoms with van der Waals surface area (Å²) in [5.41, 5.74) is 3.86. The van der Waals surface area contributed by atoms with Crippen LogP contribution in [0.15, 0.2) is 41.5 Å². The highest BCUT2D eigenvalue weighted by Gasteiger charge is 2.17. The lowest BCUT2D eigenvalue weighted by Gasteiger charge is -2.05. The minimum absolute atomic E-state index is 0.178. The van der Waals surface area contributed by atoms with Gasteiger partial charge in [0.15, 0.2) is 16.8 Å². The molecule has 0 unspecified atom stereocenters. The van der Waals surface area contributed by atoms with Crippen molar-refractivity contribution in [2.45, 2.75) is 33.2 Å². The van der Waals surface area contributed by atoms with Crippen LogP contribution < -0.4 is 5.56 Å². The molecule has 0 bridgehead atoms. The van der Waals surface area contributed by atoms with Crippen molar-refractivity contribution >= 4 is 16.8 Å². The lowest BCUT2D eigenvalue weighted by Crippen LogP contribution is -2.23. The molecule has 4 aromatic rings. The standard InChI is InChI=1S/C18H18N6O/c1-3-4-10-23-11-19-17-15(18(23)25)20-21-16-14(12(2)22-24(16)17)13-8-6-5-7-9-13/h5-9,11H,3-4,10H2,1-2H3. The van der Waals surface area contributed by atoms with Crippen LogP contribution in [0.1, 0.15) is 25.5 Å². The second-order valence-electron chi connectivity index (χ2n) is 6.03. The van der Waals surface area contributed by atoms with Gasteiger partial charge in [0.1, 0.15) is 6.33 Å². The van der Waals surface area contributed by atoms with Crippen LogP contribution in [-0.2, 0) is 6.54 Å². The van der Waals surface area contributed by atoms with E-state index in [-0.39, 0.29) is 11.1 Å². The van der Waals surface area contributed by atoms with Crippen molar-refractivity contribution in [3.8, 4) is 11.1 Å². The first-order valence-corrected chi connectivity index (χ1v) is 8.37. The van der Waals surface area contributed by atoms with E-state index in [4.69, 9.17) is 0 Å². The Morgan fingerprint density at radius 3 is 2.64 bits per heavy atom. The molecule has 0 radical (unpaired) electrons. The summed E-state index contributed by atoms with van der Waals surface area (Å²) in [7, 11) is 0. The van der Waals surface area contributed by atoms with E-state index >= 15 is 0 Å². The van der Waals surface area contributed by atoms with Gasteiger partial charge < -0.3 is 0 Å². The minimum atomic E-state index is -0.178. The van der Waals surface area contributed by atoms with E-state index in [1.807, 2.05) is 37.3 Å². The molecular formula is C18H18N6O. The first-order valence-electron chi connectivity index (χ1n) is 8.37. The number of aromatic nitrogens is 6. The summed E-state index contributed by atoms with van der Waals surface area (Å²) in [6, 6.07) is 9.92. The summed E-state index contributed by atoms with van der Waals surface area (Å²) in [5.74, 6) is 0. The molecule has 0 saturated carbocycles. The molecule has 0 fully saturated rings. The molecule has 3 heterocycles. The third-order valence-electron chi connectivity index (χ3n) is 4.29. The van der Waals surface area contributed by atoms with E-state index in [9.17, 15) is 4.79 Å². The molecule has 126 valence electrons. The quantitative estimate of drug-likeness (QED) is 0.573. The number of nitrogens with zero attached hydrogens (tertiary/aromatic N) is 6. The Balaban J connectivity index is 1.97. The zero-order valence-electron chi connectivity index (χ0n) is 14.2. The van der Waals surface area contributed by atoms with Crippen molar-refractivity contribution in [3.05, 3.63) is 52.7 Å². The molecule has 0 amide bonds. The summed E-state index contributed by atoms with van der Waals surface area (Å²) in [4.78, 5) is 17.1. The van der Waals surface area contributed by atoms with Crippen molar-refractivity contribution in [2.75, 3.05) is 0 Å². The summed E-state index contributed by atoms with van der Waals surface area (Å²) < 4.78 is 3.20. The third-order valence-corrected chi connectivity index (χ3v) is 4.29. The number of benzene rings is 1. The second kappa shape index (κ2) is 6.08. The molecule has 1 aromatic carbocycles. The van der Waals surface area contributed by atoms with Gasteiger partial charge in [-0.25, -0.2) is 4.98 Å². The van der Waals surface area contributed by atoms with Crippen molar-refractivity contribution in [3.63, 3.8) is 0 Å². The number of hydrogen-bond acceptors (Lipinski definition) is 5. The number of aryl methyl sites for hydroxylation is 2. The lowest BCUT2D eigenvalue weighted by atomic mass is 10.1. The highest BCUT2D eigenvalue weighted by atomic mass is 16.1. The predicted molar refractivity (Wildman–Crippen MR) is 95.4 cm³/mol. The van der Waals surface area contributed by atoms with Crippen LogP contribution in [0.3, 0.4) is 0 Å². The van der Waals surface area contributed by atoms with Gasteiger partial charge in [-0.3, -0.25) is 9.36 Å². The van der Waals surface area contributed by atoms with Crippen LogP contribution in [0, 0.1) is 6.92 Å². The fraction of sp³-hybridized carbons (Fsp3) is 0.278. The third kappa shape index (κ3) is 2.48. The molecule has 0 atom stereocenters. The average molecular weight is 334 g/mol. The largest absolute Gasteiger partial charge is 0.297 e. The molecule has 0 N–H and O–H groups in total. The van der Waals surface area contributed by atoms with Crippen LogP contribution in [0.2, 0.25) is 0 Å². The molecule has 7 nitrogen and oxygen atoms in total. The fourth-order valence-corrected chi connectivity index (χ4v) is 3.00. The van der Waals surface area contributed by atoms with E-state index in [0.717, 1.165) is 29.7 Å². The number of fused-ring (bicyclic) bond motifs is 3. The van der Waals surface area contributed by atoms with Crippen molar-refractivity contribution in [1.82, 2.24) is 29.4 Å². The van der Waals surface area contributed by atoms with Gasteiger partial charge in [0.25, 0.3) is 5.56 Å². The van der Waals surface area contributed by atoms with Gasteiger partial charge in [-0.1, -0.05) is 43.7 Å². The maximum atomic E-state index is 12.6. The van der Waals surface area contributed by atoms with Gasteiger partial charge in [0, 0.05) is 6.54 Å². The first-order chi connectivity index (χ1) is 12.2. The Morgan fingerprint density at radius 1 is 1.08 bits per heavy atom. The summed E-state index contributed by atoms with van der Waals surface area (Å²) in [6.45, 7) is 4.64. The van der Waals surface area contributed by atoms with E-state index in [1.54, 1.807) is 15.4 Å². The van der Waals surface area contributed by atoms with E-state index < -0.39 is 0 Å². The van der Waals surface area contributed by atoms with Crippen molar-refractivity contribution < 1.29 is 0 Å². The topological polar surface area (TPSA) is 78.0 Å².